The number of anilines is 2. The molecule has 0 bridgehead atoms. The molecular weight excluding hydrogens is 291 g/mol. The first-order valence-corrected chi connectivity index (χ1v) is 6.44. The minimum Gasteiger partial charge on any atom is -0.324 e. The number of aryl methyl sites for hydroxylation is 1. The maximum absolute atomic E-state index is 12.5. The lowest BCUT2D eigenvalue weighted by Crippen LogP contribution is -2.06. The van der Waals surface area contributed by atoms with Crippen LogP contribution in [0.2, 0.25) is 5.02 Å². The van der Waals surface area contributed by atoms with Crippen LogP contribution in [0, 0.1) is 0 Å². The lowest BCUT2D eigenvalue weighted by molar-refractivity contribution is -0.137. The second-order valence-electron chi connectivity index (χ2n) is 4.26. The zero-order chi connectivity index (χ0) is 14.8. The Labute approximate surface area is 119 Å². The summed E-state index contributed by atoms with van der Waals surface area (Å²) >= 11 is 5.88. The lowest BCUT2D eigenvalue weighted by Gasteiger charge is -2.12. The van der Waals surface area contributed by atoms with Crippen molar-refractivity contribution in [3.05, 3.63) is 41.2 Å². The van der Waals surface area contributed by atoms with Crippen molar-refractivity contribution in [3.8, 4) is 0 Å². The highest BCUT2D eigenvalue weighted by Crippen LogP contribution is 2.34. The highest BCUT2D eigenvalue weighted by molar-refractivity contribution is 6.33. The van der Waals surface area contributed by atoms with Gasteiger partial charge in [-0.1, -0.05) is 18.5 Å². The van der Waals surface area contributed by atoms with Gasteiger partial charge in [0.25, 0.3) is 0 Å². The Morgan fingerprint density at radius 2 is 2.10 bits per heavy atom. The summed E-state index contributed by atoms with van der Waals surface area (Å²) < 4.78 is 39.5. The number of aromatic nitrogens is 2. The second kappa shape index (κ2) is 5.75. The Balaban J connectivity index is 2.24. The molecule has 1 N–H and O–H groups in total. The Bertz CT molecular complexity index is 593. The molecular formula is C13H13ClF3N3. The number of alkyl halides is 3. The molecule has 0 amide bonds. The van der Waals surface area contributed by atoms with Crippen molar-refractivity contribution in [2.75, 3.05) is 5.32 Å². The summed E-state index contributed by atoms with van der Waals surface area (Å²) in [6, 6.07) is 3.19. The fourth-order valence-corrected chi connectivity index (χ4v) is 2.00. The number of hydrogen-bond acceptors (Lipinski definition) is 2. The fourth-order valence-electron chi connectivity index (χ4n) is 1.77. The van der Waals surface area contributed by atoms with Crippen molar-refractivity contribution < 1.29 is 13.2 Å². The molecule has 2 aromatic rings. The van der Waals surface area contributed by atoms with E-state index in [1.807, 2.05) is 11.5 Å². The van der Waals surface area contributed by atoms with E-state index in [0.717, 1.165) is 25.1 Å². The Morgan fingerprint density at radius 1 is 1.35 bits per heavy atom. The highest BCUT2D eigenvalue weighted by Gasteiger charge is 2.30. The minimum atomic E-state index is -4.40. The first kappa shape index (κ1) is 14.7. The molecule has 1 heterocycles. The first-order chi connectivity index (χ1) is 9.41. The van der Waals surface area contributed by atoms with Gasteiger partial charge in [0.15, 0.2) is 0 Å². The molecule has 0 atom stereocenters. The molecule has 108 valence electrons. The molecule has 2 rings (SSSR count). The summed E-state index contributed by atoms with van der Waals surface area (Å²) in [7, 11) is 0. The SMILES string of the molecule is CCCn1ccnc1Nc1ccc(C(F)(F)F)cc1Cl. The standard InChI is InChI=1S/C13H13ClF3N3/c1-2-6-20-7-5-18-12(20)19-11-4-3-9(8-10(11)14)13(15,16)17/h3-5,7-8H,2,6H2,1H3,(H,18,19). The maximum atomic E-state index is 12.5. The van der Waals surface area contributed by atoms with Gasteiger partial charge in [-0.25, -0.2) is 4.98 Å². The van der Waals surface area contributed by atoms with Gasteiger partial charge in [-0.15, -0.1) is 0 Å². The molecule has 0 spiro atoms. The van der Waals surface area contributed by atoms with Gasteiger partial charge in [0.1, 0.15) is 0 Å². The van der Waals surface area contributed by atoms with Gasteiger partial charge >= 0.3 is 6.18 Å². The first-order valence-electron chi connectivity index (χ1n) is 6.06. The predicted octanol–water partition coefficient (Wildman–Crippen LogP) is 4.71. The minimum absolute atomic E-state index is 0.00544. The van der Waals surface area contributed by atoms with Gasteiger partial charge in [-0.2, -0.15) is 13.2 Å². The summed E-state index contributed by atoms with van der Waals surface area (Å²) in [5, 5.41) is 2.94. The normalized spacial score (nSPS) is 11.7. The van der Waals surface area contributed by atoms with E-state index in [1.165, 1.54) is 6.07 Å². The molecule has 3 nitrogen and oxygen atoms in total. The van der Waals surface area contributed by atoms with Crippen LogP contribution in [0.4, 0.5) is 24.8 Å². The van der Waals surface area contributed by atoms with Crippen LogP contribution in [-0.4, -0.2) is 9.55 Å². The van der Waals surface area contributed by atoms with E-state index in [9.17, 15) is 13.2 Å². The number of halogens is 4. The highest BCUT2D eigenvalue weighted by atomic mass is 35.5. The molecule has 0 aliphatic carbocycles. The molecule has 1 aromatic heterocycles. The van der Waals surface area contributed by atoms with Crippen LogP contribution in [0.5, 0.6) is 0 Å². The summed E-state index contributed by atoms with van der Waals surface area (Å²) in [6.07, 6.45) is -0.0611. The topological polar surface area (TPSA) is 29.9 Å². The van der Waals surface area contributed by atoms with Crippen LogP contribution in [0.25, 0.3) is 0 Å². The summed E-state index contributed by atoms with van der Waals surface area (Å²) in [5.74, 6) is 0.550. The van der Waals surface area contributed by atoms with Crippen LogP contribution < -0.4 is 5.32 Å². The lowest BCUT2D eigenvalue weighted by atomic mass is 10.2. The van der Waals surface area contributed by atoms with Crippen molar-refractivity contribution in [1.29, 1.82) is 0 Å². The third-order valence-corrected chi connectivity index (χ3v) is 3.04. The monoisotopic (exact) mass is 303 g/mol. The summed E-state index contributed by atoms with van der Waals surface area (Å²) in [5.41, 5.74) is -0.381. The number of nitrogens with one attached hydrogen (secondary N) is 1. The third kappa shape index (κ3) is 3.25. The largest absolute Gasteiger partial charge is 0.416 e. The maximum Gasteiger partial charge on any atom is 0.416 e. The molecule has 7 heteroatoms. The molecule has 0 aliphatic heterocycles. The third-order valence-electron chi connectivity index (χ3n) is 2.72. The second-order valence-corrected chi connectivity index (χ2v) is 4.67. The van der Waals surface area contributed by atoms with Gasteiger partial charge < -0.3 is 9.88 Å². The number of benzene rings is 1. The van der Waals surface area contributed by atoms with Gasteiger partial charge in [0, 0.05) is 18.9 Å². The van der Waals surface area contributed by atoms with Gasteiger partial charge in [0.2, 0.25) is 5.95 Å². The van der Waals surface area contributed by atoms with Gasteiger partial charge in [0.05, 0.1) is 16.3 Å². The Morgan fingerprint density at radius 3 is 2.70 bits per heavy atom. The fraction of sp³-hybridized carbons (Fsp3) is 0.308. The smallest absolute Gasteiger partial charge is 0.324 e. The molecule has 0 unspecified atom stereocenters. The quantitative estimate of drug-likeness (QED) is 0.886. The molecule has 20 heavy (non-hydrogen) atoms. The number of imidazole rings is 1. The van der Waals surface area contributed by atoms with E-state index >= 15 is 0 Å². The van der Waals surface area contributed by atoms with Gasteiger partial charge in [-0.3, -0.25) is 0 Å². The van der Waals surface area contributed by atoms with E-state index < -0.39 is 11.7 Å². The summed E-state index contributed by atoms with van der Waals surface area (Å²) in [4.78, 5) is 4.11. The van der Waals surface area contributed by atoms with Crippen molar-refractivity contribution in [1.82, 2.24) is 9.55 Å². The number of hydrogen-bond donors (Lipinski definition) is 1. The zero-order valence-electron chi connectivity index (χ0n) is 10.7. The van der Waals surface area contributed by atoms with Crippen molar-refractivity contribution in [2.45, 2.75) is 26.1 Å². The molecule has 0 aliphatic rings. The Kier molecular flexibility index (Phi) is 4.23. The zero-order valence-corrected chi connectivity index (χ0v) is 11.5. The molecule has 0 saturated heterocycles. The van der Waals surface area contributed by atoms with E-state index in [1.54, 1.807) is 12.4 Å². The molecule has 0 radical (unpaired) electrons. The van der Waals surface area contributed by atoms with Crippen LogP contribution in [-0.2, 0) is 12.7 Å². The van der Waals surface area contributed by atoms with Crippen molar-refractivity contribution in [3.63, 3.8) is 0 Å². The van der Waals surface area contributed by atoms with Crippen LogP contribution in [0.1, 0.15) is 18.9 Å². The number of rotatable bonds is 4. The summed E-state index contributed by atoms with van der Waals surface area (Å²) in [6.45, 7) is 2.79. The van der Waals surface area contributed by atoms with Crippen LogP contribution in [0.15, 0.2) is 30.6 Å². The van der Waals surface area contributed by atoms with Gasteiger partial charge in [-0.05, 0) is 24.6 Å². The van der Waals surface area contributed by atoms with Crippen LogP contribution in [0.3, 0.4) is 0 Å². The molecule has 0 saturated carbocycles. The number of nitrogens with zero attached hydrogens (tertiary/aromatic N) is 2. The van der Waals surface area contributed by atoms with Crippen molar-refractivity contribution in [2.24, 2.45) is 0 Å². The van der Waals surface area contributed by atoms with E-state index in [4.69, 9.17) is 11.6 Å². The molecule has 1 aromatic carbocycles. The van der Waals surface area contributed by atoms with E-state index in [-0.39, 0.29) is 5.02 Å². The van der Waals surface area contributed by atoms with Crippen molar-refractivity contribution >= 4 is 23.2 Å². The van der Waals surface area contributed by atoms with Crippen LogP contribution >= 0.6 is 11.6 Å². The Hall–Kier alpha value is -1.69. The average molecular weight is 304 g/mol. The average Bonchev–Trinajstić information content (AvgIpc) is 2.78. The predicted molar refractivity (Wildman–Crippen MR) is 72.3 cm³/mol. The van der Waals surface area contributed by atoms with E-state index in [0.29, 0.717) is 11.6 Å². The van der Waals surface area contributed by atoms with E-state index in [2.05, 4.69) is 10.3 Å². The molecule has 0 fully saturated rings.